The number of hydrogen-bond acceptors (Lipinski definition) is 3. The van der Waals surface area contributed by atoms with Crippen LogP contribution in [0.25, 0.3) is 16.9 Å². The van der Waals surface area contributed by atoms with Gasteiger partial charge in [-0.05, 0) is 48.5 Å². The Morgan fingerprint density at radius 2 is 1.82 bits per heavy atom. The summed E-state index contributed by atoms with van der Waals surface area (Å²) in [6.07, 6.45) is 5.43. The van der Waals surface area contributed by atoms with Crippen molar-refractivity contribution in [1.29, 1.82) is 0 Å². The van der Waals surface area contributed by atoms with Crippen LogP contribution in [-0.4, -0.2) is 38.3 Å². The van der Waals surface area contributed by atoms with Gasteiger partial charge in [0.05, 0.1) is 11.3 Å². The lowest BCUT2D eigenvalue weighted by Gasteiger charge is -2.38. The van der Waals surface area contributed by atoms with Gasteiger partial charge in [0.1, 0.15) is 11.5 Å². The van der Waals surface area contributed by atoms with Crippen LogP contribution in [0.15, 0.2) is 73.2 Å². The first kappa shape index (κ1) is 16.6. The number of pyridine rings is 2. The number of nitrogens with zero attached hydrogens (tertiary/aromatic N) is 4. The summed E-state index contributed by atoms with van der Waals surface area (Å²) in [4.78, 5) is 23.5. The van der Waals surface area contributed by atoms with E-state index < -0.39 is 0 Å². The quantitative estimate of drug-likeness (QED) is 0.550. The Hall–Kier alpha value is -3.54. The molecule has 0 radical (unpaired) electrons. The fraction of sp³-hybridized carbons (Fsp3) is 0.136. The van der Waals surface area contributed by atoms with Gasteiger partial charge >= 0.3 is 0 Å². The second kappa shape index (κ2) is 6.56. The zero-order valence-corrected chi connectivity index (χ0v) is 15.0. The van der Waals surface area contributed by atoms with E-state index in [1.807, 2.05) is 39.8 Å². The number of fused-ring (bicyclic) bond motifs is 1. The van der Waals surface area contributed by atoms with Crippen LogP contribution in [0.5, 0.6) is 0 Å². The number of imidazole rings is 1. The monoisotopic (exact) mass is 372 g/mol. The first-order valence-electron chi connectivity index (χ1n) is 9.12. The number of halogens is 1. The topological polar surface area (TPSA) is 50.5 Å². The van der Waals surface area contributed by atoms with Crippen LogP contribution in [0.1, 0.15) is 22.0 Å². The van der Waals surface area contributed by atoms with Crippen LogP contribution in [0, 0.1) is 5.82 Å². The highest BCUT2D eigenvalue weighted by Gasteiger charge is 2.33. The lowest BCUT2D eigenvalue weighted by Crippen LogP contribution is -2.48. The largest absolute Gasteiger partial charge is 0.337 e. The Balaban J connectivity index is 1.35. The molecule has 0 spiro atoms. The number of aromatic nitrogens is 3. The smallest absolute Gasteiger partial charge is 0.255 e. The third-order valence-corrected chi connectivity index (χ3v) is 5.11. The average Bonchev–Trinajstić information content (AvgIpc) is 3.11. The Morgan fingerprint density at radius 3 is 2.57 bits per heavy atom. The molecule has 5 nitrogen and oxygen atoms in total. The summed E-state index contributed by atoms with van der Waals surface area (Å²) >= 11 is 0. The third kappa shape index (κ3) is 2.93. The fourth-order valence-corrected chi connectivity index (χ4v) is 3.51. The molecule has 4 aromatic rings. The molecule has 0 unspecified atom stereocenters. The lowest BCUT2D eigenvalue weighted by atomic mass is 9.95. The van der Waals surface area contributed by atoms with Crippen LogP contribution in [0.3, 0.4) is 0 Å². The van der Waals surface area contributed by atoms with Gasteiger partial charge in [0, 0.05) is 48.9 Å². The standard InChI is InChI=1S/C22H17FN4O/c23-18-7-4-15(5-8-18)20-14-26-11-16(6-9-21(26)25-20)22(28)27-12-17(13-27)19-3-1-2-10-24-19/h1-11,14,17H,12-13H2. The van der Waals surface area contributed by atoms with Crippen LogP contribution < -0.4 is 0 Å². The van der Waals surface area contributed by atoms with E-state index in [4.69, 9.17) is 0 Å². The van der Waals surface area contributed by atoms with E-state index in [1.54, 1.807) is 30.6 Å². The van der Waals surface area contributed by atoms with E-state index in [1.165, 1.54) is 12.1 Å². The normalized spacial score (nSPS) is 14.2. The van der Waals surface area contributed by atoms with Gasteiger partial charge in [0.2, 0.25) is 0 Å². The van der Waals surface area contributed by atoms with E-state index in [0.29, 0.717) is 24.6 Å². The van der Waals surface area contributed by atoms with Crippen LogP contribution >= 0.6 is 0 Å². The maximum absolute atomic E-state index is 13.1. The molecule has 1 fully saturated rings. The van der Waals surface area contributed by atoms with Crippen molar-refractivity contribution in [1.82, 2.24) is 19.3 Å². The number of carbonyl (C=O) groups is 1. The number of hydrogen-bond donors (Lipinski definition) is 0. The van der Waals surface area contributed by atoms with Crippen LogP contribution in [0.2, 0.25) is 0 Å². The van der Waals surface area contributed by atoms with E-state index in [9.17, 15) is 9.18 Å². The minimum atomic E-state index is -0.279. The van der Waals surface area contributed by atoms with Crippen molar-refractivity contribution in [2.24, 2.45) is 0 Å². The second-order valence-corrected chi connectivity index (χ2v) is 6.98. The summed E-state index contributed by atoms with van der Waals surface area (Å²) in [5.41, 5.74) is 3.96. The summed E-state index contributed by atoms with van der Waals surface area (Å²) in [6, 6.07) is 15.7. The number of rotatable bonds is 3. The van der Waals surface area contributed by atoms with E-state index in [0.717, 1.165) is 22.6 Å². The molecule has 6 heteroatoms. The molecule has 0 N–H and O–H groups in total. The summed E-state index contributed by atoms with van der Waals surface area (Å²) in [6.45, 7) is 1.36. The zero-order chi connectivity index (χ0) is 19.1. The number of amides is 1. The Bertz CT molecular complexity index is 1150. The molecule has 3 aromatic heterocycles. The molecule has 0 atom stereocenters. The molecule has 0 bridgehead atoms. The second-order valence-electron chi connectivity index (χ2n) is 6.98. The van der Waals surface area contributed by atoms with E-state index in [-0.39, 0.29) is 11.7 Å². The van der Waals surface area contributed by atoms with Gasteiger partial charge in [-0.25, -0.2) is 9.37 Å². The molecule has 138 valence electrons. The predicted octanol–water partition coefficient (Wildman–Crippen LogP) is 3.78. The summed E-state index contributed by atoms with van der Waals surface area (Å²) in [5.74, 6) is 0.0253. The molecule has 1 aliphatic heterocycles. The molecule has 1 aliphatic rings. The third-order valence-electron chi connectivity index (χ3n) is 5.11. The molecular weight excluding hydrogens is 355 g/mol. The average molecular weight is 372 g/mol. The van der Waals surface area contributed by atoms with Crippen molar-refractivity contribution in [2.75, 3.05) is 13.1 Å². The fourth-order valence-electron chi connectivity index (χ4n) is 3.51. The number of benzene rings is 1. The van der Waals surface area contributed by atoms with Crippen molar-refractivity contribution < 1.29 is 9.18 Å². The summed E-state index contributed by atoms with van der Waals surface area (Å²) < 4.78 is 15.0. The minimum absolute atomic E-state index is 0.00566. The minimum Gasteiger partial charge on any atom is -0.337 e. The van der Waals surface area contributed by atoms with Gasteiger partial charge in [-0.2, -0.15) is 0 Å². The lowest BCUT2D eigenvalue weighted by molar-refractivity contribution is 0.0598. The molecule has 1 saturated heterocycles. The van der Waals surface area contributed by atoms with Gasteiger partial charge in [-0.1, -0.05) is 6.07 Å². The SMILES string of the molecule is O=C(c1ccc2nc(-c3ccc(F)cc3)cn2c1)N1CC(c2ccccn2)C1. The Labute approximate surface area is 161 Å². The van der Waals surface area contributed by atoms with Crippen molar-refractivity contribution in [3.63, 3.8) is 0 Å². The molecule has 5 rings (SSSR count). The van der Waals surface area contributed by atoms with Crippen LogP contribution in [-0.2, 0) is 0 Å². The van der Waals surface area contributed by atoms with Crippen molar-refractivity contribution in [3.05, 3.63) is 90.3 Å². The van der Waals surface area contributed by atoms with Crippen molar-refractivity contribution in [2.45, 2.75) is 5.92 Å². The number of carbonyl (C=O) groups excluding carboxylic acids is 1. The molecule has 1 aromatic carbocycles. The maximum Gasteiger partial charge on any atom is 0.255 e. The highest BCUT2D eigenvalue weighted by atomic mass is 19.1. The summed E-state index contributed by atoms with van der Waals surface area (Å²) in [5, 5.41) is 0. The Morgan fingerprint density at radius 1 is 1.00 bits per heavy atom. The van der Waals surface area contributed by atoms with Gasteiger partial charge < -0.3 is 9.30 Å². The molecule has 0 saturated carbocycles. The zero-order valence-electron chi connectivity index (χ0n) is 15.0. The predicted molar refractivity (Wildman–Crippen MR) is 103 cm³/mol. The van der Waals surface area contributed by atoms with Gasteiger partial charge in [0.15, 0.2) is 0 Å². The molecule has 4 heterocycles. The highest BCUT2D eigenvalue weighted by Crippen LogP contribution is 2.27. The molecular formula is C22H17FN4O. The molecule has 0 aliphatic carbocycles. The Kier molecular flexibility index (Phi) is 3.90. The van der Waals surface area contributed by atoms with Gasteiger partial charge in [-0.15, -0.1) is 0 Å². The van der Waals surface area contributed by atoms with E-state index >= 15 is 0 Å². The van der Waals surface area contributed by atoms with Gasteiger partial charge in [-0.3, -0.25) is 9.78 Å². The molecule has 28 heavy (non-hydrogen) atoms. The first-order valence-corrected chi connectivity index (χ1v) is 9.12. The summed E-state index contributed by atoms with van der Waals surface area (Å²) in [7, 11) is 0. The van der Waals surface area contributed by atoms with Crippen molar-refractivity contribution >= 4 is 11.6 Å². The van der Waals surface area contributed by atoms with Crippen LogP contribution in [0.4, 0.5) is 4.39 Å². The van der Waals surface area contributed by atoms with E-state index in [2.05, 4.69) is 9.97 Å². The number of likely N-dealkylation sites (tertiary alicyclic amines) is 1. The first-order chi connectivity index (χ1) is 13.7. The maximum atomic E-state index is 13.1. The van der Waals surface area contributed by atoms with Gasteiger partial charge in [0.25, 0.3) is 5.91 Å². The van der Waals surface area contributed by atoms with Crippen molar-refractivity contribution in [3.8, 4) is 11.3 Å². The molecule has 1 amide bonds. The highest BCUT2D eigenvalue weighted by molar-refractivity contribution is 5.95.